The van der Waals surface area contributed by atoms with Crippen LogP contribution in [0.15, 0.2) is 18.2 Å². The van der Waals surface area contributed by atoms with Gasteiger partial charge in [0, 0.05) is 0 Å². The Morgan fingerprint density at radius 1 is 0.957 bits per heavy atom. The number of benzene rings is 1. The molecule has 126 valence electrons. The van der Waals surface area contributed by atoms with E-state index in [2.05, 4.69) is 9.47 Å². The normalized spacial score (nSPS) is 11.7. The van der Waals surface area contributed by atoms with E-state index in [1.54, 1.807) is 0 Å². The Morgan fingerprint density at radius 2 is 1.43 bits per heavy atom. The molecule has 0 saturated carbocycles. The summed E-state index contributed by atoms with van der Waals surface area (Å²) in [5.41, 5.74) is 4.36. The van der Waals surface area contributed by atoms with Gasteiger partial charge in [-0.1, -0.05) is 6.07 Å². The molecule has 0 saturated heterocycles. The zero-order valence-corrected chi connectivity index (χ0v) is 10.7. The van der Waals surface area contributed by atoms with Gasteiger partial charge in [0.25, 0.3) is 0 Å². The van der Waals surface area contributed by atoms with Gasteiger partial charge in [-0.05, 0) is 12.1 Å². The minimum absolute atomic E-state index is 0.634. The van der Waals surface area contributed by atoms with E-state index >= 15 is 0 Å². The van der Waals surface area contributed by atoms with Gasteiger partial charge in [0.15, 0.2) is 11.5 Å². The largest absolute Gasteiger partial charge is 0.491 e. The monoisotopic (exact) mass is 344 g/mol. The second-order valence-electron chi connectivity index (χ2n) is 3.82. The molecule has 0 bridgehead atoms. The first-order valence-corrected chi connectivity index (χ1v) is 5.39. The fourth-order valence-corrected chi connectivity index (χ4v) is 1.22. The van der Waals surface area contributed by atoms with Gasteiger partial charge >= 0.3 is 24.3 Å². The average Bonchev–Trinajstić information content (AvgIpc) is 2.37. The molecule has 1 aromatic rings. The van der Waals surface area contributed by atoms with Gasteiger partial charge < -0.3 is 15.2 Å². The molecular weight excluding hydrogens is 338 g/mol. The number of amidine groups is 1. The number of alkyl halides is 6. The zero-order chi connectivity index (χ0) is 18.0. The van der Waals surface area contributed by atoms with Gasteiger partial charge in [-0.15, -0.1) is 0 Å². The van der Waals surface area contributed by atoms with E-state index in [0.29, 0.717) is 6.07 Å². The van der Waals surface area contributed by atoms with Crippen LogP contribution in [0.3, 0.4) is 0 Å². The lowest BCUT2D eigenvalue weighted by Crippen LogP contribution is -2.31. The lowest BCUT2D eigenvalue weighted by atomic mass is 10.1. The minimum Gasteiger partial charge on any atom is -0.416 e. The second-order valence-corrected chi connectivity index (χ2v) is 3.82. The molecule has 0 heterocycles. The molecule has 12 heteroatoms. The smallest absolute Gasteiger partial charge is 0.416 e. The molecule has 0 aliphatic rings. The van der Waals surface area contributed by atoms with Gasteiger partial charge in [0.05, 0.1) is 5.56 Å². The van der Waals surface area contributed by atoms with E-state index in [1.165, 1.54) is 0 Å². The Labute approximate surface area is 123 Å². The third-order valence-corrected chi connectivity index (χ3v) is 2.13. The van der Waals surface area contributed by atoms with Crippen LogP contribution in [0.2, 0.25) is 0 Å². The summed E-state index contributed by atoms with van der Waals surface area (Å²) in [5.74, 6) is -8.88. The summed E-state index contributed by atoms with van der Waals surface area (Å²) in [7, 11) is 0. The highest BCUT2D eigenvalue weighted by Gasteiger charge is 2.44. The number of rotatable bonds is 3. The predicted octanol–water partition coefficient (Wildman–Crippen LogP) is 1.91. The molecule has 0 atom stereocenters. The minimum atomic E-state index is -5.48. The van der Waals surface area contributed by atoms with Crippen molar-refractivity contribution < 1.29 is 45.4 Å². The lowest BCUT2D eigenvalue weighted by Gasteiger charge is -2.15. The molecule has 0 amide bonds. The number of nitrogens with one attached hydrogen (secondary N) is 1. The Hall–Kier alpha value is -2.79. The molecule has 0 aliphatic heterocycles. The average molecular weight is 344 g/mol. The highest BCUT2D eigenvalue weighted by molar-refractivity contribution is 5.99. The number of nitrogen functional groups attached to an aromatic ring is 1. The van der Waals surface area contributed by atoms with Crippen molar-refractivity contribution in [3.05, 3.63) is 23.8 Å². The quantitative estimate of drug-likeness (QED) is 0.287. The summed E-state index contributed by atoms with van der Waals surface area (Å²) in [6.07, 6.45) is -10.9. The van der Waals surface area contributed by atoms with Crippen molar-refractivity contribution in [3.8, 4) is 11.5 Å². The van der Waals surface area contributed by atoms with Crippen LogP contribution in [0.4, 0.5) is 26.3 Å². The van der Waals surface area contributed by atoms with Crippen molar-refractivity contribution in [2.45, 2.75) is 12.4 Å². The fraction of sp³-hybridized carbons (Fsp3) is 0.182. The molecule has 3 N–H and O–H groups in total. The summed E-state index contributed by atoms with van der Waals surface area (Å²) in [6.45, 7) is 0. The maximum atomic E-state index is 12.2. The highest BCUT2D eigenvalue weighted by Crippen LogP contribution is 2.34. The lowest BCUT2D eigenvalue weighted by molar-refractivity contribution is -0.191. The van der Waals surface area contributed by atoms with Crippen molar-refractivity contribution in [2.24, 2.45) is 5.73 Å². The molecule has 1 rings (SSSR count). The SMILES string of the molecule is N=C(N)c1cccc(OC(=O)C(F)(F)F)c1OC(=O)C(F)(F)F. The number of esters is 2. The van der Waals surface area contributed by atoms with Crippen molar-refractivity contribution in [3.63, 3.8) is 0 Å². The number of hydrogen-bond donors (Lipinski definition) is 2. The van der Waals surface area contributed by atoms with Gasteiger partial charge in [-0.3, -0.25) is 5.41 Å². The number of carbonyl (C=O) groups is 2. The summed E-state index contributed by atoms with van der Waals surface area (Å²) >= 11 is 0. The summed E-state index contributed by atoms with van der Waals surface area (Å²) in [6, 6.07) is 2.45. The first-order chi connectivity index (χ1) is 10.3. The molecule has 0 spiro atoms. The standard InChI is InChI=1S/C11H6F6N2O4/c12-10(13,14)8(20)22-5-3-1-2-4(7(18)19)6(5)23-9(21)11(15,16)17/h1-3H,(H3,18,19). The van der Waals surface area contributed by atoms with Crippen LogP contribution in [-0.4, -0.2) is 30.1 Å². The number of halogens is 6. The van der Waals surface area contributed by atoms with E-state index in [4.69, 9.17) is 11.1 Å². The Kier molecular flexibility index (Phi) is 4.87. The Morgan fingerprint density at radius 3 is 1.87 bits per heavy atom. The van der Waals surface area contributed by atoms with Crippen molar-refractivity contribution in [1.29, 1.82) is 5.41 Å². The second kappa shape index (κ2) is 6.14. The molecular formula is C11H6F6N2O4. The van der Waals surface area contributed by atoms with Crippen LogP contribution in [-0.2, 0) is 9.59 Å². The topological polar surface area (TPSA) is 102 Å². The molecule has 23 heavy (non-hydrogen) atoms. The molecule has 0 radical (unpaired) electrons. The van der Waals surface area contributed by atoms with Crippen molar-refractivity contribution in [2.75, 3.05) is 0 Å². The number of carbonyl (C=O) groups excluding carboxylic acids is 2. The molecule has 1 aromatic carbocycles. The summed E-state index contributed by atoms with van der Waals surface area (Å²) < 4.78 is 80.8. The molecule has 0 aliphatic carbocycles. The number of ether oxygens (including phenoxy) is 2. The van der Waals surface area contributed by atoms with Crippen molar-refractivity contribution in [1.82, 2.24) is 0 Å². The molecule has 0 aromatic heterocycles. The number of hydrogen-bond acceptors (Lipinski definition) is 5. The van der Waals surface area contributed by atoms with E-state index in [9.17, 15) is 35.9 Å². The van der Waals surface area contributed by atoms with Crippen LogP contribution in [0.1, 0.15) is 5.56 Å². The zero-order valence-electron chi connectivity index (χ0n) is 10.7. The molecule has 6 nitrogen and oxygen atoms in total. The van der Waals surface area contributed by atoms with Gasteiger partial charge in [0.1, 0.15) is 5.84 Å². The first kappa shape index (κ1) is 18.3. The number of nitrogens with two attached hydrogens (primary N) is 1. The first-order valence-electron chi connectivity index (χ1n) is 5.39. The number of para-hydroxylation sites is 1. The molecule has 0 unspecified atom stereocenters. The Balaban J connectivity index is 3.31. The van der Waals surface area contributed by atoms with Crippen LogP contribution in [0.5, 0.6) is 11.5 Å². The van der Waals surface area contributed by atoms with Crippen LogP contribution in [0, 0.1) is 5.41 Å². The maximum absolute atomic E-state index is 12.2. The summed E-state index contributed by atoms with van der Waals surface area (Å²) in [4.78, 5) is 21.6. The third-order valence-electron chi connectivity index (χ3n) is 2.13. The van der Waals surface area contributed by atoms with E-state index < -0.39 is 47.2 Å². The van der Waals surface area contributed by atoms with E-state index in [-0.39, 0.29) is 0 Å². The van der Waals surface area contributed by atoms with Gasteiger partial charge in [-0.25, -0.2) is 9.59 Å². The van der Waals surface area contributed by atoms with Crippen LogP contribution < -0.4 is 15.2 Å². The van der Waals surface area contributed by atoms with Gasteiger partial charge in [-0.2, -0.15) is 26.3 Å². The molecule has 0 fully saturated rings. The van der Waals surface area contributed by atoms with Gasteiger partial charge in [0.2, 0.25) is 0 Å². The van der Waals surface area contributed by atoms with E-state index in [1.807, 2.05) is 0 Å². The van der Waals surface area contributed by atoms with Crippen LogP contribution >= 0.6 is 0 Å². The van der Waals surface area contributed by atoms with Crippen LogP contribution in [0.25, 0.3) is 0 Å². The highest BCUT2D eigenvalue weighted by atomic mass is 19.4. The predicted molar refractivity (Wildman–Crippen MR) is 60.8 cm³/mol. The Bertz CT molecular complexity index is 653. The maximum Gasteiger partial charge on any atom is 0.491 e. The van der Waals surface area contributed by atoms with E-state index in [0.717, 1.165) is 12.1 Å². The van der Waals surface area contributed by atoms with Crippen molar-refractivity contribution >= 4 is 17.8 Å². The fourth-order valence-electron chi connectivity index (χ4n) is 1.22. The summed E-state index contributed by atoms with van der Waals surface area (Å²) in [5, 5.41) is 7.12. The third kappa shape index (κ3) is 4.59.